The maximum atomic E-state index is 5.29. The highest BCUT2D eigenvalue weighted by atomic mass is 16.5. The molecule has 0 saturated heterocycles. The molecule has 0 amide bonds. The topological polar surface area (TPSA) is 47.0 Å². The summed E-state index contributed by atoms with van der Waals surface area (Å²) in [4.78, 5) is 8.45. The van der Waals surface area contributed by atoms with Crippen LogP contribution < -0.4 is 10.1 Å². The average Bonchev–Trinajstić information content (AvgIpc) is 2.40. The molecule has 0 fully saturated rings. The predicted octanol–water partition coefficient (Wildman–Crippen LogP) is 2.80. The molecular formula is C14H17N3O. The molecule has 0 spiro atoms. The number of rotatable bonds is 5. The molecular weight excluding hydrogens is 226 g/mol. The molecule has 2 aromatic rings. The summed E-state index contributed by atoms with van der Waals surface area (Å²) in [5, 5.41) is 3.29. The molecule has 0 radical (unpaired) electrons. The van der Waals surface area contributed by atoms with Crippen LogP contribution in [-0.4, -0.2) is 16.6 Å². The first-order valence-electron chi connectivity index (χ1n) is 6.02. The van der Waals surface area contributed by atoms with Crippen LogP contribution >= 0.6 is 0 Å². The number of aromatic nitrogens is 2. The Bertz CT molecular complexity index is 479. The van der Waals surface area contributed by atoms with Gasteiger partial charge in [-0.2, -0.15) is 0 Å². The molecule has 94 valence electrons. The third-order valence-corrected chi connectivity index (χ3v) is 2.50. The Morgan fingerprint density at radius 3 is 2.61 bits per heavy atom. The summed E-state index contributed by atoms with van der Waals surface area (Å²) in [6, 6.07) is 7.89. The molecule has 0 aromatic carbocycles. The van der Waals surface area contributed by atoms with Gasteiger partial charge in [0.25, 0.3) is 0 Å². The highest BCUT2D eigenvalue weighted by molar-refractivity contribution is 5.42. The highest BCUT2D eigenvalue weighted by Gasteiger charge is 1.97. The van der Waals surface area contributed by atoms with Crippen LogP contribution in [0.25, 0.3) is 0 Å². The lowest BCUT2D eigenvalue weighted by Gasteiger charge is -2.07. The molecule has 0 atom stereocenters. The molecule has 0 saturated carbocycles. The Kier molecular flexibility index (Phi) is 4.12. The van der Waals surface area contributed by atoms with Gasteiger partial charge in [0.2, 0.25) is 5.88 Å². The zero-order valence-electron chi connectivity index (χ0n) is 10.7. The number of nitrogens with one attached hydrogen (secondary N) is 1. The minimum atomic E-state index is 0.634. The molecule has 1 N–H and O–H groups in total. The predicted molar refractivity (Wildman–Crippen MR) is 71.7 cm³/mol. The summed E-state index contributed by atoms with van der Waals surface area (Å²) in [6.45, 7) is 5.30. The van der Waals surface area contributed by atoms with Crippen molar-refractivity contribution in [1.82, 2.24) is 9.97 Å². The SMILES string of the molecule is CCOc1ccc(NCc2ccc(C)nc2)cn1. The molecule has 2 rings (SSSR count). The Hall–Kier alpha value is -2.10. The lowest BCUT2D eigenvalue weighted by atomic mass is 10.2. The molecule has 2 heterocycles. The van der Waals surface area contributed by atoms with Gasteiger partial charge >= 0.3 is 0 Å². The van der Waals surface area contributed by atoms with E-state index in [0.29, 0.717) is 12.5 Å². The van der Waals surface area contributed by atoms with Gasteiger partial charge < -0.3 is 10.1 Å². The average molecular weight is 243 g/mol. The van der Waals surface area contributed by atoms with Crippen LogP contribution in [0.15, 0.2) is 36.7 Å². The van der Waals surface area contributed by atoms with Gasteiger partial charge in [0.1, 0.15) is 0 Å². The standard InChI is InChI=1S/C14H17N3O/c1-3-18-14-7-6-13(10-17-14)16-9-12-5-4-11(2)15-8-12/h4-8,10,16H,3,9H2,1-2H3. The number of aryl methyl sites for hydroxylation is 1. The van der Waals surface area contributed by atoms with Crippen molar-refractivity contribution < 1.29 is 4.74 Å². The Morgan fingerprint density at radius 2 is 2.00 bits per heavy atom. The maximum Gasteiger partial charge on any atom is 0.213 e. The van der Waals surface area contributed by atoms with E-state index in [0.717, 1.165) is 23.5 Å². The minimum Gasteiger partial charge on any atom is -0.478 e. The monoisotopic (exact) mass is 243 g/mol. The van der Waals surface area contributed by atoms with Crippen LogP contribution in [0, 0.1) is 6.92 Å². The smallest absolute Gasteiger partial charge is 0.213 e. The second-order valence-corrected chi connectivity index (χ2v) is 3.98. The van der Waals surface area contributed by atoms with E-state index in [1.807, 2.05) is 38.2 Å². The van der Waals surface area contributed by atoms with Crippen molar-refractivity contribution in [3.05, 3.63) is 47.9 Å². The molecule has 0 aliphatic rings. The molecule has 0 aliphatic heterocycles. The summed E-state index contributed by atoms with van der Waals surface area (Å²) in [5.41, 5.74) is 3.15. The molecule has 0 aliphatic carbocycles. The summed E-state index contributed by atoms with van der Waals surface area (Å²) in [6.07, 6.45) is 3.65. The molecule has 2 aromatic heterocycles. The zero-order valence-corrected chi connectivity index (χ0v) is 10.7. The van der Waals surface area contributed by atoms with Gasteiger partial charge in [-0.1, -0.05) is 6.07 Å². The molecule has 4 heteroatoms. The second kappa shape index (κ2) is 6.00. The fourth-order valence-corrected chi connectivity index (χ4v) is 1.53. The maximum absolute atomic E-state index is 5.29. The van der Waals surface area contributed by atoms with Crippen molar-refractivity contribution in [3.8, 4) is 5.88 Å². The Morgan fingerprint density at radius 1 is 1.11 bits per heavy atom. The lowest BCUT2D eigenvalue weighted by Crippen LogP contribution is -2.01. The number of ether oxygens (including phenoxy) is 1. The molecule has 18 heavy (non-hydrogen) atoms. The van der Waals surface area contributed by atoms with Crippen LogP contribution in [0.3, 0.4) is 0 Å². The van der Waals surface area contributed by atoms with Crippen molar-refractivity contribution in [2.24, 2.45) is 0 Å². The number of pyridine rings is 2. The van der Waals surface area contributed by atoms with Gasteiger partial charge in [0, 0.05) is 24.5 Å². The second-order valence-electron chi connectivity index (χ2n) is 3.98. The first kappa shape index (κ1) is 12.4. The van der Waals surface area contributed by atoms with Gasteiger partial charge in [0.15, 0.2) is 0 Å². The van der Waals surface area contributed by atoms with Crippen LogP contribution in [0.5, 0.6) is 5.88 Å². The van der Waals surface area contributed by atoms with Gasteiger partial charge in [0.05, 0.1) is 18.5 Å². The van der Waals surface area contributed by atoms with Crippen molar-refractivity contribution in [3.63, 3.8) is 0 Å². The van der Waals surface area contributed by atoms with Crippen LogP contribution in [0.2, 0.25) is 0 Å². The molecule has 4 nitrogen and oxygen atoms in total. The van der Waals surface area contributed by atoms with Gasteiger partial charge in [-0.05, 0) is 31.5 Å². The van der Waals surface area contributed by atoms with Crippen molar-refractivity contribution in [1.29, 1.82) is 0 Å². The van der Waals surface area contributed by atoms with E-state index in [2.05, 4.69) is 21.4 Å². The van der Waals surface area contributed by atoms with E-state index >= 15 is 0 Å². The third-order valence-electron chi connectivity index (χ3n) is 2.50. The van der Waals surface area contributed by atoms with E-state index in [-0.39, 0.29) is 0 Å². The number of anilines is 1. The van der Waals surface area contributed by atoms with E-state index in [9.17, 15) is 0 Å². The summed E-state index contributed by atoms with van der Waals surface area (Å²) in [7, 11) is 0. The number of hydrogen-bond acceptors (Lipinski definition) is 4. The lowest BCUT2D eigenvalue weighted by molar-refractivity contribution is 0.327. The van der Waals surface area contributed by atoms with Crippen molar-refractivity contribution in [2.75, 3.05) is 11.9 Å². The summed E-state index contributed by atoms with van der Waals surface area (Å²) < 4.78 is 5.29. The van der Waals surface area contributed by atoms with E-state index in [1.54, 1.807) is 6.20 Å². The molecule has 0 bridgehead atoms. The van der Waals surface area contributed by atoms with Gasteiger partial charge in [-0.25, -0.2) is 4.98 Å². The summed E-state index contributed by atoms with van der Waals surface area (Å²) in [5.74, 6) is 0.653. The van der Waals surface area contributed by atoms with Crippen molar-refractivity contribution >= 4 is 5.69 Å². The Labute approximate surface area is 107 Å². The first-order valence-corrected chi connectivity index (χ1v) is 6.02. The van der Waals surface area contributed by atoms with Crippen LogP contribution in [0.1, 0.15) is 18.2 Å². The van der Waals surface area contributed by atoms with Gasteiger partial charge in [-0.15, -0.1) is 0 Å². The highest BCUT2D eigenvalue weighted by Crippen LogP contribution is 2.12. The largest absolute Gasteiger partial charge is 0.478 e. The Balaban J connectivity index is 1.91. The number of nitrogens with zero attached hydrogens (tertiary/aromatic N) is 2. The van der Waals surface area contributed by atoms with Gasteiger partial charge in [-0.3, -0.25) is 4.98 Å². The van der Waals surface area contributed by atoms with Crippen LogP contribution in [-0.2, 0) is 6.54 Å². The van der Waals surface area contributed by atoms with Crippen molar-refractivity contribution in [2.45, 2.75) is 20.4 Å². The molecule has 0 unspecified atom stereocenters. The third kappa shape index (κ3) is 3.45. The normalized spacial score (nSPS) is 10.1. The minimum absolute atomic E-state index is 0.634. The fourth-order valence-electron chi connectivity index (χ4n) is 1.53. The fraction of sp³-hybridized carbons (Fsp3) is 0.286. The number of hydrogen-bond donors (Lipinski definition) is 1. The van der Waals surface area contributed by atoms with E-state index in [4.69, 9.17) is 4.74 Å². The van der Waals surface area contributed by atoms with E-state index in [1.165, 1.54) is 0 Å². The van der Waals surface area contributed by atoms with E-state index < -0.39 is 0 Å². The summed E-state index contributed by atoms with van der Waals surface area (Å²) >= 11 is 0. The zero-order chi connectivity index (χ0) is 12.8. The quantitative estimate of drug-likeness (QED) is 0.877. The van der Waals surface area contributed by atoms with Crippen LogP contribution in [0.4, 0.5) is 5.69 Å². The first-order chi connectivity index (χ1) is 8.78.